The molecule has 4 nitrogen and oxygen atoms in total. The molecule has 3 rings (SSSR count). The third-order valence-electron chi connectivity index (χ3n) is 3.01. The van der Waals surface area contributed by atoms with Crippen LogP contribution in [-0.4, -0.2) is 32.5 Å². The lowest BCUT2D eigenvalue weighted by molar-refractivity contribution is 0.669. The Kier molecular flexibility index (Phi) is 3.28. The van der Waals surface area contributed by atoms with Gasteiger partial charge in [-0.3, -0.25) is 4.21 Å². The Balaban J connectivity index is 2.05. The van der Waals surface area contributed by atoms with Crippen molar-refractivity contribution in [2.24, 2.45) is 0 Å². The number of aromatic nitrogens is 2. The van der Waals surface area contributed by atoms with Crippen LogP contribution in [0.1, 0.15) is 6.42 Å². The predicted molar refractivity (Wildman–Crippen MR) is 72.2 cm³/mol. The second-order valence-corrected chi connectivity index (χ2v) is 6.23. The van der Waals surface area contributed by atoms with Crippen LogP contribution in [0.3, 0.4) is 0 Å². The van der Waals surface area contributed by atoms with Gasteiger partial charge in [-0.05, 0) is 25.1 Å². The Morgan fingerprint density at radius 3 is 2.67 bits per heavy atom. The highest BCUT2D eigenvalue weighted by Gasteiger charge is 2.25. The van der Waals surface area contributed by atoms with Gasteiger partial charge in [-0.1, -0.05) is 23.7 Å². The monoisotopic (exact) mass is 281 g/mol. The van der Waals surface area contributed by atoms with Crippen LogP contribution in [0, 0.1) is 0 Å². The minimum absolute atomic E-state index is 0.0814. The number of hydrogen-bond donors (Lipinski definition) is 1. The lowest BCUT2D eigenvalue weighted by atomic mass is 10.3. The molecule has 0 radical (unpaired) electrons. The van der Waals surface area contributed by atoms with Gasteiger partial charge in [-0.25, -0.2) is 9.97 Å². The van der Waals surface area contributed by atoms with E-state index in [9.17, 15) is 4.21 Å². The van der Waals surface area contributed by atoms with E-state index in [1.54, 1.807) is 0 Å². The Labute approximate surface area is 112 Å². The molecule has 0 amide bonds. The highest BCUT2D eigenvalue weighted by molar-refractivity contribution is 7.85. The van der Waals surface area contributed by atoms with Gasteiger partial charge in [-0.2, -0.15) is 0 Å². The van der Waals surface area contributed by atoms with Gasteiger partial charge >= 0.3 is 0 Å². The molecule has 1 fully saturated rings. The maximum atomic E-state index is 12.4. The fourth-order valence-corrected chi connectivity index (χ4v) is 3.74. The fraction of sp³-hybridized carbons (Fsp3) is 0.333. The van der Waals surface area contributed by atoms with Crippen molar-refractivity contribution < 1.29 is 4.21 Å². The second kappa shape index (κ2) is 4.91. The number of nitrogens with zero attached hydrogens (tertiary/aromatic N) is 2. The van der Waals surface area contributed by atoms with E-state index in [2.05, 4.69) is 15.3 Å². The van der Waals surface area contributed by atoms with Gasteiger partial charge in [0, 0.05) is 6.54 Å². The van der Waals surface area contributed by atoms with Gasteiger partial charge < -0.3 is 5.32 Å². The van der Waals surface area contributed by atoms with Crippen LogP contribution in [0.15, 0.2) is 29.3 Å². The van der Waals surface area contributed by atoms with Crippen LogP contribution in [-0.2, 0) is 10.8 Å². The molecule has 1 aromatic heterocycles. The quantitative estimate of drug-likeness (QED) is 0.911. The highest BCUT2D eigenvalue weighted by Crippen LogP contribution is 2.23. The summed E-state index contributed by atoms with van der Waals surface area (Å²) in [4.78, 5) is 8.65. The molecule has 0 unspecified atom stereocenters. The molecule has 2 heterocycles. The second-order valence-electron chi connectivity index (χ2n) is 4.22. The first-order valence-electron chi connectivity index (χ1n) is 5.79. The first-order valence-corrected chi connectivity index (χ1v) is 7.38. The standard InChI is InChI=1S/C12H12ClN3OS/c13-11-12(18(17)8-5-6-14-7-8)16-10-4-2-1-3-9(10)15-11/h1-4,8,14H,5-7H2/t8-,18+/m1/s1. The number of fused-ring (bicyclic) bond motifs is 1. The summed E-state index contributed by atoms with van der Waals surface area (Å²) in [5.74, 6) is 0. The Morgan fingerprint density at radius 2 is 2.00 bits per heavy atom. The van der Waals surface area contributed by atoms with E-state index in [-0.39, 0.29) is 10.4 Å². The van der Waals surface area contributed by atoms with E-state index in [1.807, 2.05) is 24.3 Å². The van der Waals surface area contributed by atoms with Crippen molar-refractivity contribution in [1.29, 1.82) is 0 Å². The van der Waals surface area contributed by atoms with Gasteiger partial charge in [-0.15, -0.1) is 0 Å². The molecule has 0 spiro atoms. The summed E-state index contributed by atoms with van der Waals surface area (Å²) in [6.45, 7) is 1.65. The Bertz CT molecular complexity index is 613. The molecule has 94 valence electrons. The molecule has 0 saturated carbocycles. The Morgan fingerprint density at radius 1 is 1.28 bits per heavy atom. The predicted octanol–water partition coefficient (Wildman–Crippen LogP) is 1.75. The molecule has 0 aliphatic carbocycles. The maximum Gasteiger partial charge on any atom is 0.165 e. The molecule has 2 aromatic rings. The summed E-state index contributed by atoms with van der Waals surface area (Å²) in [7, 11) is -1.19. The fourth-order valence-electron chi connectivity index (χ4n) is 2.06. The van der Waals surface area contributed by atoms with E-state index in [0.29, 0.717) is 5.03 Å². The van der Waals surface area contributed by atoms with Crippen molar-refractivity contribution >= 4 is 33.4 Å². The molecule has 2 atom stereocenters. The van der Waals surface area contributed by atoms with Crippen LogP contribution in [0.4, 0.5) is 0 Å². The lowest BCUT2D eigenvalue weighted by Gasteiger charge is -2.09. The Hall–Kier alpha value is -1.04. The average molecular weight is 282 g/mol. The molecule has 1 aromatic carbocycles. The SMILES string of the molecule is O=[S@](c1nc2ccccc2nc1Cl)[C@@H]1CCNC1. The van der Waals surface area contributed by atoms with Crippen molar-refractivity contribution in [2.45, 2.75) is 16.7 Å². The van der Waals surface area contributed by atoms with Crippen molar-refractivity contribution in [3.05, 3.63) is 29.4 Å². The van der Waals surface area contributed by atoms with Gasteiger partial charge in [0.2, 0.25) is 0 Å². The largest absolute Gasteiger partial charge is 0.315 e. The zero-order valence-electron chi connectivity index (χ0n) is 9.60. The maximum absolute atomic E-state index is 12.4. The van der Waals surface area contributed by atoms with Crippen molar-refractivity contribution in [1.82, 2.24) is 15.3 Å². The number of benzene rings is 1. The van der Waals surface area contributed by atoms with Crippen LogP contribution in [0.25, 0.3) is 11.0 Å². The van der Waals surface area contributed by atoms with Gasteiger partial charge in [0.05, 0.1) is 27.1 Å². The number of halogens is 1. The molecular formula is C12H12ClN3OS. The topological polar surface area (TPSA) is 54.9 Å². The van der Waals surface area contributed by atoms with Gasteiger partial charge in [0.25, 0.3) is 0 Å². The summed E-state index contributed by atoms with van der Waals surface area (Å²) in [5, 5.41) is 3.93. The minimum Gasteiger partial charge on any atom is -0.315 e. The molecule has 0 bridgehead atoms. The number of para-hydroxylation sites is 2. The summed E-state index contributed by atoms with van der Waals surface area (Å²) in [6, 6.07) is 7.46. The molecule has 6 heteroatoms. The van der Waals surface area contributed by atoms with Crippen molar-refractivity contribution in [3.63, 3.8) is 0 Å². The van der Waals surface area contributed by atoms with Crippen LogP contribution >= 0.6 is 11.6 Å². The molecule has 1 aliphatic heterocycles. The minimum atomic E-state index is -1.19. The van der Waals surface area contributed by atoms with Crippen LogP contribution < -0.4 is 5.32 Å². The van der Waals surface area contributed by atoms with Gasteiger partial charge in [0.15, 0.2) is 10.2 Å². The molecular weight excluding hydrogens is 270 g/mol. The zero-order chi connectivity index (χ0) is 12.5. The average Bonchev–Trinajstić information content (AvgIpc) is 2.91. The van der Waals surface area contributed by atoms with Crippen LogP contribution in [0.2, 0.25) is 5.15 Å². The van der Waals surface area contributed by atoms with Crippen LogP contribution in [0.5, 0.6) is 0 Å². The number of hydrogen-bond acceptors (Lipinski definition) is 4. The smallest absolute Gasteiger partial charge is 0.165 e. The van der Waals surface area contributed by atoms with Gasteiger partial charge in [0.1, 0.15) is 0 Å². The van der Waals surface area contributed by atoms with E-state index in [0.717, 1.165) is 30.5 Å². The van der Waals surface area contributed by atoms with E-state index >= 15 is 0 Å². The molecule has 1 saturated heterocycles. The normalized spacial score (nSPS) is 21.3. The van der Waals surface area contributed by atoms with E-state index in [4.69, 9.17) is 11.6 Å². The lowest BCUT2D eigenvalue weighted by Crippen LogP contribution is -2.20. The first-order chi connectivity index (χ1) is 8.75. The number of rotatable bonds is 2. The van der Waals surface area contributed by atoms with E-state index in [1.165, 1.54) is 0 Å². The summed E-state index contributed by atoms with van der Waals surface area (Å²) < 4.78 is 12.4. The summed E-state index contributed by atoms with van der Waals surface area (Å²) in [5.41, 5.74) is 1.46. The molecule has 1 aliphatic rings. The third kappa shape index (κ3) is 2.13. The number of nitrogens with one attached hydrogen (secondary N) is 1. The third-order valence-corrected chi connectivity index (χ3v) is 5.06. The first kappa shape index (κ1) is 12.0. The van der Waals surface area contributed by atoms with Crippen molar-refractivity contribution in [3.8, 4) is 0 Å². The highest BCUT2D eigenvalue weighted by atomic mass is 35.5. The summed E-state index contributed by atoms with van der Waals surface area (Å²) >= 11 is 6.09. The molecule has 1 N–H and O–H groups in total. The van der Waals surface area contributed by atoms with E-state index < -0.39 is 10.8 Å². The summed E-state index contributed by atoms with van der Waals surface area (Å²) in [6.07, 6.45) is 0.886. The molecule has 18 heavy (non-hydrogen) atoms. The zero-order valence-corrected chi connectivity index (χ0v) is 11.2. The van der Waals surface area contributed by atoms with Crippen molar-refractivity contribution in [2.75, 3.05) is 13.1 Å².